The minimum Gasteiger partial charge on any atom is -0.377 e. The molecule has 0 aromatic carbocycles. The van der Waals surface area contributed by atoms with Gasteiger partial charge in [-0.1, -0.05) is 20.8 Å². The van der Waals surface area contributed by atoms with Crippen molar-refractivity contribution in [1.82, 2.24) is 29.4 Å². The van der Waals surface area contributed by atoms with E-state index < -0.39 is 0 Å². The molecule has 4 aromatic heterocycles. The fourth-order valence-corrected chi connectivity index (χ4v) is 3.31. The summed E-state index contributed by atoms with van der Waals surface area (Å²) in [7, 11) is 1.61. The Morgan fingerprint density at radius 2 is 1.97 bits per heavy atom. The van der Waals surface area contributed by atoms with Gasteiger partial charge < -0.3 is 4.74 Å². The monoisotopic (exact) mass is 401 g/mol. The van der Waals surface area contributed by atoms with E-state index >= 15 is 0 Å². The Balaban J connectivity index is 1.80. The van der Waals surface area contributed by atoms with E-state index in [0.717, 1.165) is 23.2 Å². The van der Waals surface area contributed by atoms with Gasteiger partial charge in [0.2, 0.25) is 0 Å². The van der Waals surface area contributed by atoms with E-state index in [1.165, 1.54) is 0 Å². The lowest BCUT2D eigenvalue weighted by atomic mass is 9.97. The summed E-state index contributed by atoms with van der Waals surface area (Å²) in [6, 6.07) is 9.61. The summed E-state index contributed by atoms with van der Waals surface area (Å²) in [6.45, 7) is 7.68. The van der Waals surface area contributed by atoms with Crippen LogP contribution in [0, 0.1) is 16.7 Å². The van der Waals surface area contributed by atoms with Crippen molar-refractivity contribution >= 4 is 5.65 Å². The molecule has 0 atom stereocenters. The van der Waals surface area contributed by atoms with Gasteiger partial charge in [-0.15, -0.1) is 5.10 Å². The van der Waals surface area contributed by atoms with Crippen molar-refractivity contribution in [3.05, 3.63) is 54.4 Å². The molecule has 4 heterocycles. The van der Waals surface area contributed by atoms with Gasteiger partial charge in [0.1, 0.15) is 18.4 Å². The van der Waals surface area contributed by atoms with Crippen molar-refractivity contribution in [2.75, 3.05) is 7.11 Å². The normalized spacial score (nSPS) is 11.7. The van der Waals surface area contributed by atoms with Gasteiger partial charge >= 0.3 is 0 Å². The standard InChI is InChI=1S/C22H23N7O/c1-22(2,3)14-28-12-16(11-24-28)18-6-5-17(10-23)25-21(18)15-7-8-29-20(9-15)26-19(27-29)13-30-4/h5-9,11-12H,13-14H2,1-4H3. The molecular weight excluding hydrogens is 378 g/mol. The fraction of sp³-hybridized carbons (Fsp3) is 0.318. The van der Waals surface area contributed by atoms with Crippen molar-refractivity contribution < 1.29 is 4.74 Å². The molecule has 4 aromatic rings. The van der Waals surface area contributed by atoms with Gasteiger partial charge in [0.15, 0.2) is 11.5 Å². The zero-order chi connectivity index (χ0) is 21.3. The molecule has 0 radical (unpaired) electrons. The number of methoxy groups -OCH3 is 1. The predicted molar refractivity (Wildman–Crippen MR) is 112 cm³/mol. The van der Waals surface area contributed by atoms with E-state index in [9.17, 15) is 5.26 Å². The molecule has 0 aliphatic rings. The summed E-state index contributed by atoms with van der Waals surface area (Å²) in [4.78, 5) is 9.09. The van der Waals surface area contributed by atoms with E-state index in [1.54, 1.807) is 17.7 Å². The van der Waals surface area contributed by atoms with Crippen LogP contribution in [0.15, 0.2) is 42.9 Å². The molecule has 0 fully saturated rings. The van der Waals surface area contributed by atoms with Crippen LogP contribution >= 0.6 is 0 Å². The molecule has 30 heavy (non-hydrogen) atoms. The van der Waals surface area contributed by atoms with Gasteiger partial charge in [-0.05, 0) is 29.7 Å². The van der Waals surface area contributed by atoms with Crippen LogP contribution in [0.3, 0.4) is 0 Å². The zero-order valence-corrected chi connectivity index (χ0v) is 17.5. The molecule has 0 saturated carbocycles. The van der Waals surface area contributed by atoms with E-state index in [0.29, 0.717) is 29.5 Å². The lowest BCUT2D eigenvalue weighted by molar-refractivity contribution is 0.178. The average molecular weight is 401 g/mol. The SMILES string of the molecule is COCc1nc2cc(-c3nc(C#N)ccc3-c3cnn(CC(C)(C)C)c3)ccn2n1. The zero-order valence-electron chi connectivity index (χ0n) is 17.5. The maximum absolute atomic E-state index is 9.37. The van der Waals surface area contributed by atoms with E-state index in [-0.39, 0.29) is 5.41 Å². The smallest absolute Gasteiger partial charge is 0.177 e. The van der Waals surface area contributed by atoms with Crippen LogP contribution in [0.2, 0.25) is 0 Å². The molecule has 0 saturated heterocycles. The quantitative estimate of drug-likeness (QED) is 0.506. The average Bonchev–Trinajstić information content (AvgIpc) is 3.32. The van der Waals surface area contributed by atoms with Gasteiger partial charge in [-0.25, -0.2) is 14.5 Å². The Morgan fingerprint density at radius 3 is 2.70 bits per heavy atom. The molecule has 0 aliphatic heterocycles. The molecule has 0 spiro atoms. The lowest BCUT2D eigenvalue weighted by Gasteiger charge is -2.17. The number of pyridine rings is 2. The summed E-state index contributed by atoms with van der Waals surface area (Å²) in [5.41, 5.74) is 4.60. The van der Waals surface area contributed by atoms with Crippen molar-refractivity contribution in [3.8, 4) is 28.5 Å². The molecule has 0 aliphatic carbocycles. The third-order valence-electron chi connectivity index (χ3n) is 4.52. The van der Waals surface area contributed by atoms with Crippen molar-refractivity contribution in [1.29, 1.82) is 5.26 Å². The Labute approximate surface area is 174 Å². The van der Waals surface area contributed by atoms with Crippen LogP contribution < -0.4 is 0 Å². The second kappa shape index (κ2) is 7.69. The van der Waals surface area contributed by atoms with Gasteiger partial charge in [0.05, 0.1) is 11.9 Å². The van der Waals surface area contributed by atoms with Gasteiger partial charge in [-0.3, -0.25) is 4.68 Å². The molecule has 0 N–H and O–H groups in total. The Kier molecular flexibility index (Phi) is 5.06. The highest BCUT2D eigenvalue weighted by atomic mass is 16.5. The number of aromatic nitrogens is 6. The number of fused-ring (bicyclic) bond motifs is 1. The molecule has 0 bridgehead atoms. The van der Waals surface area contributed by atoms with Crippen LogP contribution in [-0.4, -0.2) is 36.5 Å². The van der Waals surface area contributed by atoms with Crippen LogP contribution in [0.25, 0.3) is 28.0 Å². The van der Waals surface area contributed by atoms with Gasteiger partial charge in [0.25, 0.3) is 0 Å². The first-order chi connectivity index (χ1) is 14.4. The van der Waals surface area contributed by atoms with Crippen LogP contribution in [0.1, 0.15) is 32.3 Å². The number of nitrogens with zero attached hydrogens (tertiary/aromatic N) is 7. The summed E-state index contributed by atoms with van der Waals surface area (Å²) < 4.78 is 8.76. The van der Waals surface area contributed by atoms with E-state index in [2.05, 4.69) is 47.0 Å². The minimum absolute atomic E-state index is 0.119. The van der Waals surface area contributed by atoms with Crippen LogP contribution in [-0.2, 0) is 17.9 Å². The first-order valence-electron chi connectivity index (χ1n) is 9.65. The highest BCUT2D eigenvalue weighted by molar-refractivity contribution is 5.81. The minimum atomic E-state index is 0.119. The molecule has 8 nitrogen and oxygen atoms in total. The summed E-state index contributed by atoms with van der Waals surface area (Å²) >= 11 is 0. The number of hydrogen-bond acceptors (Lipinski definition) is 6. The molecule has 0 amide bonds. The van der Waals surface area contributed by atoms with E-state index in [1.807, 2.05) is 41.5 Å². The third kappa shape index (κ3) is 4.07. The highest BCUT2D eigenvalue weighted by Crippen LogP contribution is 2.31. The fourth-order valence-electron chi connectivity index (χ4n) is 3.31. The predicted octanol–water partition coefficient (Wildman–Crippen LogP) is 3.72. The molecule has 152 valence electrons. The maximum atomic E-state index is 9.37. The summed E-state index contributed by atoms with van der Waals surface area (Å²) in [6.07, 6.45) is 5.69. The third-order valence-corrected chi connectivity index (χ3v) is 4.52. The largest absolute Gasteiger partial charge is 0.377 e. The number of nitriles is 1. The Morgan fingerprint density at radius 1 is 1.13 bits per heavy atom. The van der Waals surface area contributed by atoms with Crippen molar-refractivity contribution in [3.63, 3.8) is 0 Å². The van der Waals surface area contributed by atoms with E-state index in [4.69, 9.17) is 4.74 Å². The molecule has 0 unspecified atom stereocenters. The summed E-state index contributed by atoms with van der Waals surface area (Å²) in [5, 5.41) is 18.3. The Hall–Kier alpha value is -3.57. The highest BCUT2D eigenvalue weighted by Gasteiger charge is 2.16. The van der Waals surface area contributed by atoms with Gasteiger partial charge in [0, 0.05) is 42.7 Å². The first kappa shape index (κ1) is 19.7. The topological polar surface area (TPSA) is 93.9 Å². The number of rotatable bonds is 5. The second-order valence-electron chi connectivity index (χ2n) is 8.37. The first-order valence-corrected chi connectivity index (χ1v) is 9.65. The van der Waals surface area contributed by atoms with Crippen LogP contribution in [0.4, 0.5) is 0 Å². The number of hydrogen-bond donors (Lipinski definition) is 0. The Bertz CT molecular complexity index is 1240. The van der Waals surface area contributed by atoms with Crippen molar-refractivity contribution in [2.24, 2.45) is 5.41 Å². The lowest BCUT2D eigenvalue weighted by Crippen LogP contribution is -2.15. The number of ether oxygens (including phenoxy) is 1. The maximum Gasteiger partial charge on any atom is 0.177 e. The van der Waals surface area contributed by atoms with Crippen LogP contribution in [0.5, 0.6) is 0 Å². The molecular formula is C22H23N7O. The molecule has 4 rings (SSSR count). The molecule has 8 heteroatoms. The van der Waals surface area contributed by atoms with Gasteiger partial charge in [-0.2, -0.15) is 10.4 Å². The second-order valence-corrected chi connectivity index (χ2v) is 8.37. The summed E-state index contributed by atoms with van der Waals surface area (Å²) in [5.74, 6) is 0.608. The van der Waals surface area contributed by atoms with Crippen molar-refractivity contribution in [2.45, 2.75) is 33.9 Å².